The van der Waals surface area contributed by atoms with E-state index in [9.17, 15) is 14.7 Å². The Labute approximate surface area is 127 Å². The van der Waals surface area contributed by atoms with Crippen LogP contribution in [0.1, 0.15) is 10.4 Å². The molecule has 0 aliphatic rings. The molecule has 0 bridgehead atoms. The van der Waals surface area contributed by atoms with Gasteiger partial charge in [0, 0.05) is 31.4 Å². The molecule has 0 unspecified atom stereocenters. The number of nitrogens with zero attached hydrogens (tertiary/aromatic N) is 3. The summed E-state index contributed by atoms with van der Waals surface area (Å²) in [6, 6.07) is 4.87. The van der Waals surface area contributed by atoms with Gasteiger partial charge in [0.25, 0.3) is 0 Å². The molecule has 1 N–H and O–H groups in total. The van der Waals surface area contributed by atoms with Gasteiger partial charge in [0.05, 0.1) is 13.3 Å². The summed E-state index contributed by atoms with van der Waals surface area (Å²) in [6.45, 7) is 0.119. The summed E-state index contributed by atoms with van der Waals surface area (Å²) >= 11 is 0. The van der Waals surface area contributed by atoms with Crippen LogP contribution in [-0.4, -0.2) is 52.9 Å². The van der Waals surface area contributed by atoms with Gasteiger partial charge in [0.1, 0.15) is 17.9 Å². The number of carboxylic acid groups (broad SMARTS) is 1. The Balaban J connectivity index is 2.37. The number of rotatable bonds is 5. The molecule has 1 aromatic carbocycles. The fourth-order valence-corrected chi connectivity index (χ4v) is 2.02. The molecule has 0 saturated heterocycles. The van der Waals surface area contributed by atoms with E-state index in [0.29, 0.717) is 11.1 Å². The molecule has 0 radical (unpaired) electrons. The summed E-state index contributed by atoms with van der Waals surface area (Å²) in [4.78, 5) is 24.4. The first-order chi connectivity index (χ1) is 10.4. The van der Waals surface area contributed by atoms with Gasteiger partial charge in [-0.1, -0.05) is 12.1 Å². The van der Waals surface area contributed by atoms with Crippen molar-refractivity contribution in [1.82, 2.24) is 14.7 Å². The molecule has 0 atom stereocenters. The maximum Gasteiger partial charge on any atom is 0.339 e. The lowest BCUT2D eigenvalue weighted by atomic mass is 10.0. The van der Waals surface area contributed by atoms with Crippen LogP contribution in [0, 0.1) is 0 Å². The Kier molecular flexibility index (Phi) is 4.45. The number of hydrogen-bond acceptors (Lipinski definition) is 4. The average molecular weight is 303 g/mol. The van der Waals surface area contributed by atoms with Crippen molar-refractivity contribution in [2.75, 3.05) is 21.2 Å². The van der Waals surface area contributed by atoms with Crippen LogP contribution in [0.2, 0.25) is 0 Å². The minimum atomic E-state index is -1.06. The standard InChI is InChI=1S/C15H17N3O4/c1-17(2)13(19)9-18-8-10(7-16-18)11-5-4-6-12(15(20)21)14(11)22-3/h4-8H,9H2,1-3H3,(H,20,21). The van der Waals surface area contributed by atoms with Crippen LogP contribution >= 0.6 is 0 Å². The Hall–Kier alpha value is -2.83. The molecule has 0 fully saturated rings. The van der Waals surface area contributed by atoms with Crippen molar-refractivity contribution in [1.29, 1.82) is 0 Å². The number of para-hydroxylation sites is 1. The van der Waals surface area contributed by atoms with Gasteiger partial charge in [-0.3, -0.25) is 9.48 Å². The maximum absolute atomic E-state index is 11.7. The van der Waals surface area contributed by atoms with Crippen LogP contribution in [0.5, 0.6) is 5.75 Å². The Morgan fingerprint density at radius 3 is 2.68 bits per heavy atom. The van der Waals surface area contributed by atoms with E-state index >= 15 is 0 Å². The third kappa shape index (κ3) is 3.08. The fourth-order valence-electron chi connectivity index (χ4n) is 2.02. The van der Waals surface area contributed by atoms with Crippen molar-refractivity contribution in [2.24, 2.45) is 0 Å². The second-order valence-electron chi connectivity index (χ2n) is 4.91. The minimum Gasteiger partial charge on any atom is -0.495 e. The highest BCUT2D eigenvalue weighted by Crippen LogP contribution is 2.32. The van der Waals surface area contributed by atoms with Gasteiger partial charge in [-0.05, 0) is 6.07 Å². The van der Waals surface area contributed by atoms with Crippen molar-refractivity contribution in [2.45, 2.75) is 6.54 Å². The monoisotopic (exact) mass is 303 g/mol. The van der Waals surface area contributed by atoms with E-state index in [1.54, 1.807) is 38.6 Å². The second kappa shape index (κ2) is 6.30. The molecule has 2 rings (SSSR count). The van der Waals surface area contributed by atoms with Crippen LogP contribution in [-0.2, 0) is 11.3 Å². The number of methoxy groups -OCH3 is 1. The van der Waals surface area contributed by atoms with E-state index in [2.05, 4.69) is 5.10 Å². The van der Waals surface area contributed by atoms with Gasteiger partial charge in [0.2, 0.25) is 5.91 Å². The quantitative estimate of drug-likeness (QED) is 0.901. The summed E-state index contributed by atoms with van der Waals surface area (Å²) in [7, 11) is 4.77. The lowest BCUT2D eigenvalue weighted by Crippen LogP contribution is -2.26. The summed E-state index contributed by atoms with van der Waals surface area (Å²) in [6.07, 6.45) is 3.26. The number of amides is 1. The van der Waals surface area contributed by atoms with Gasteiger partial charge >= 0.3 is 5.97 Å². The first kappa shape index (κ1) is 15.6. The molecule has 2 aromatic rings. The topological polar surface area (TPSA) is 84.7 Å². The average Bonchev–Trinajstić information content (AvgIpc) is 2.94. The van der Waals surface area contributed by atoms with Crippen LogP contribution in [0.3, 0.4) is 0 Å². The molecule has 7 nitrogen and oxygen atoms in total. The van der Waals surface area contributed by atoms with Crippen molar-refractivity contribution in [3.63, 3.8) is 0 Å². The molecule has 22 heavy (non-hydrogen) atoms. The number of benzene rings is 1. The summed E-state index contributed by atoms with van der Waals surface area (Å²) in [5, 5.41) is 13.3. The number of hydrogen-bond donors (Lipinski definition) is 1. The molecule has 1 amide bonds. The van der Waals surface area contributed by atoms with E-state index in [1.807, 2.05) is 0 Å². The summed E-state index contributed by atoms with van der Waals surface area (Å²) in [5.41, 5.74) is 1.38. The van der Waals surface area contributed by atoms with Crippen LogP contribution < -0.4 is 4.74 Å². The molecule has 1 heterocycles. The van der Waals surface area contributed by atoms with E-state index < -0.39 is 5.97 Å². The Bertz CT molecular complexity index is 707. The highest BCUT2D eigenvalue weighted by atomic mass is 16.5. The molecule has 1 aromatic heterocycles. The van der Waals surface area contributed by atoms with E-state index in [0.717, 1.165) is 0 Å². The van der Waals surface area contributed by atoms with Crippen LogP contribution in [0.4, 0.5) is 0 Å². The number of carbonyl (C=O) groups is 2. The highest BCUT2D eigenvalue weighted by molar-refractivity contribution is 5.94. The zero-order chi connectivity index (χ0) is 16.3. The smallest absolute Gasteiger partial charge is 0.339 e. The van der Waals surface area contributed by atoms with Gasteiger partial charge in [-0.2, -0.15) is 5.10 Å². The number of aromatic nitrogens is 2. The van der Waals surface area contributed by atoms with Crippen LogP contribution in [0.15, 0.2) is 30.6 Å². The van der Waals surface area contributed by atoms with Gasteiger partial charge in [-0.15, -0.1) is 0 Å². The maximum atomic E-state index is 11.7. The highest BCUT2D eigenvalue weighted by Gasteiger charge is 2.17. The summed E-state index contributed by atoms with van der Waals surface area (Å²) in [5.74, 6) is -0.872. The molecular weight excluding hydrogens is 286 g/mol. The fraction of sp³-hybridized carbons (Fsp3) is 0.267. The minimum absolute atomic E-state index is 0.0807. The first-order valence-electron chi connectivity index (χ1n) is 6.57. The molecule has 0 saturated carbocycles. The number of aromatic carboxylic acids is 1. The Morgan fingerprint density at radius 2 is 2.09 bits per heavy atom. The zero-order valence-electron chi connectivity index (χ0n) is 12.6. The predicted octanol–water partition coefficient (Wildman–Crippen LogP) is 1.35. The van der Waals surface area contributed by atoms with Gasteiger partial charge in [0.15, 0.2) is 0 Å². The molecule has 0 spiro atoms. The van der Waals surface area contributed by atoms with Gasteiger partial charge < -0.3 is 14.7 Å². The zero-order valence-corrected chi connectivity index (χ0v) is 12.6. The molecule has 0 aliphatic carbocycles. The number of carbonyl (C=O) groups excluding carboxylic acids is 1. The molecule has 0 aliphatic heterocycles. The normalized spacial score (nSPS) is 10.3. The van der Waals surface area contributed by atoms with Crippen molar-refractivity contribution >= 4 is 11.9 Å². The molecular formula is C15H17N3O4. The third-order valence-electron chi connectivity index (χ3n) is 3.19. The number of likely N-dealkylation sites (N-methyl/N-ethyl adjacent to an activating group) is 1. The van der Waals surface area contributed by atoms with Crippen molar-refractivity contribution < 1.29 is 19.4 Å². The lowest BCUT2D eigenvalue weighted by Gasteiger charge is -2.10. The number of ether oxygens (including phenoxy) is 1. The predicted molar refractivity (Wildman–Crippen MR) is 79.9 cm³/mol. The largest absolute Gasteiger partial charge is 0.495 e. The van der Waals surface area contributed by atoms with Crippen molar-refractivity contribution in [3.05, 3.63) is 36.2 Å². The Morgan fingerprint density at radius 1 is 1.36 bits per heavy atom. The molecule has 7 heteroatoms. The van der Waals surface area contributed by atoms with Crippen molar-refractivity contribution in [3.8, 4) is 16.9 Å². The van der Waals surface area contributed by atoms with Gasteiger partial charge in [-0.25, -0.2) is 4.79 Å². The second-order valence-corrected chi connectivity index (χ2v) is 4.91. The third-order valence-corrected chi connectivity index (χ3v) is 3.19. The van der Waals surface area contributed by atoms with E-state index in [4.69, 9.17) is 4.74 Å². The van der Waals surface area contributed by atoms with E-state index in [-0.39, 0.29) is 23.8 Å². The SMILES string of the molecule is COc1c(C(=O)O)cccc1-c1cnn(CC(=O)N(C)C)c1. The first-order valence-corrected chi connectivity index (χ1v) is 6.57. The lowest BCUT2D eigenvalue weighted by molar-refractivity contribution is -0.129. The number of carboxylic acids is 1. The summed E-state index contributed by atoms with van der Waals surface area (Å²) < 4.78 is 6.73. The molecule has 116 valence electrons. The van der Waals surface area contributed by atoms with Crippen LogP contribution in [0.25, 0.3) is 11.1 Å². The van der Waals surface area contributed by atoms with E-state index in [1.165, 1.54) is 22.8 Å².